The van der Waals surface area contributed by atoms with E-state index in [4.69, 9.17) is 0 Å². The van der Waals surface area contributed by atoms with Crippen molar-refractivity contribution < 1.29 is 4.92 Å². The minimum absolute atomic E-state index is 0.0631. The number of rotatable bonds is 6. The van der Waals surface area contributed by atoms with Crippen LogP contribution in [-0.2, 0) is 6.54 Å². The summed E-state index contributed by atoms with van der Waals surface area (Å²) in [5.74, 6) is 1.11. The lowest BCUT2D eigenvalue weighted by atomic mass is 10.1. The van der Waals surface area contributed by atoms with Crippen molar-refractivity contribution in [2.75, 3.05) is 10.6 Å². The molecule has 0 unspecified atom stereocenters. The van der Waals surface area contributed by atoms with Crippen molar-refractivity contribution in [3.63, 3.8) is 0 Å². The third kappa shape index (κ3) is 5.23. The zero-order chi connectivity index (χ0) is 20.1. The van der Waals surface area contributed by atoms with Gasteiger partial charge in [-0.05, 0) is 38.5 Å². The number of nitro groups is 1. The van der Waals surface area contributed by atoms with Gasteiger partial charge in [-0.15, -0.1) is 0 Å². The Labute approximate surface area is 163 Å². The zero-order valence-electron chi connectivity index (χ0n) is 16.0. The summed E-state index contributed by atoms with van der Waals surface area (Å²) in [7, 11) is 0. The van der Waals surface area contributed by atoms with Gasteiger partial charge >= 0.3 is 0 Å². The van der Waals surface area contributed by atoms with E-state index in [2.05, 4.69) is 25.6 Å². The molecule has 3 aromatic rings. The van der Waals surface area contributed by atoms with E-state index in [0.717, 1.165) is 16.8 Å². The van der Waals surface area contributed by atoms with Gasteiger partial charge < -0.3 is 10.6 Å². The lowest BCUT2D eigenvalue weighted by molar-refractivity contribution is -0.384. The second-order valence-corrected chi connectivity index (χ2v) is 7.36. The first-order chi connectivity index (χ1) is 13.3. The fraction of sp³-hybridized carbons (Fsp3) is 0.250. The first-order valence-corrected chi connectivity index (χ1v) is 8.85. The molecule has 28 heavy (non-hydrogen) atoms. The maximum absolute atomic E-state index is 11.0. The minimum Gasteiger partial charge on any atom is -0.366 e. The molecule has 0 aliphatic carbocycles. The minimum atomic E-state index is -0.403. The highest BCUT2D eigenvalue weighted by Gasteiger charge is 2.14. The van der Waals surface area contributed by atoms with Crippen LogP contribution in [0.2, 0.25) is 0 Å². The molecule has 0 saturated carbocycles. The first kappa shape index (κ1) is 19.2. The Kier molecular flexibility index (Phi) is 5.49. The van der Waals surface area contributed by atoms with Crippen molar-refractivity contribution >= 4 is 17.5 Å². The van der Waals surface area contributed by atoms with Crippen molar-refractivity contribution in [2.24, 2.45) is 0 Å². The standard InChI is InChI=1S/C20H22N6O2/c1-20(2,3)25-19-23-17(15-7-5-9-21-13-15)11-18(24-19)22-12-14-6-4-8-16(10-14)26(27)28/h4-11,13H,12H2,1-3H3,(H2,22,23,24,25). The number of aromatic nitrogens is 3. The predicted molar refractivity (Wildman–Crippen MR) is 109 cm³/mol. The van der Waals surface area contributed by atoms with Gasteiger partial charge in [-0.2, -0.15) is 4.98 Å². The molecule has 0 atom stereocenters. The average molecular weight is 378 g/mol. The van der Waals surface area contributed by atoms with E-state index in [1.54, 1.807) is 24.5 Å². The molecule has 3 rings (SSSR count). The maximum atomic E-state index is 11.0. The van der Waals surface area contributed by atoms with Crippen molar-refractivity contribution in [2.45, 2.75) is 32.9 Å². The molecule has 0 radical (unpaired) electrons. The summed E-state index contributed by atoms with van der Waals surface area (Å²) in [5.41, 5.74) is 2.26. The highest BCUT2D eigenvalue weighted by molar-refractivity contribution is 5.63. The fourth-order valence-electron chi connectivity index (χ4n) is 2.56. The Bertz CT molecular complexity index is 970. The quantitative estimate of drug-likeness (QED) is 0.487. The number of nitrogens with zero attached hydrogens (tertiary/aromatic N) is 4. The summed E-state index contributed by atoms with van der Waals surface area (Å²) in [4.78, 5) is 23.8. The smallest absolute Gasteiger partial charge is 0.269 e. The van der Waals surface area contributed by atoms with Crippen LogP contribution in [0.4, 0.5) is 17.5 Å². The van der Waals surface area contributed by atoms with Crippen LogP contribution in [0.5, 0.6) is 0 Å². The molecule has 2 aromatic heterocycles. The second-order valence-electron chi connectivity index (χ2n) is 7.36. The van der Waals surface area contributed by atoms with Gasteiger partial charge in [0.15, 0.2) is 0 Å². The van der Waals surface area contributed by atoms with Crippen LogP contribution in [0.25, 0.3) is 11.3 Å². The van der Waals surface area contributed by atoms with Crippen LogP contribution >= 0.6 is 0 Å². The average Bonchev–Trinajstić information content (AvgIpc) is 2.66. The Morgan fingerprint density at radius 1 is 1.11 bits per heavy atom. The molecule has 0 aliphatic heterocycles. The van der Waals surface area contributed by atoms with E-state index in [0.29, 0.717) is 18.3 Å². The molecule has 0 amide bonds. The number of nitro benzene ring substituents is 1. The lowest BCUT2D eigenvalue weighted by Gasteiger charge is -2.21. The van der Waals surface area contributed by atoms with Gasteiger partial charge in [0.05, 0.1) is 10.6 Å². The van der Waals surface area contributed by atoms with Crippen LogP contribution < -0.4 is 10.6 Å². The van der Waals surface area contributed by atoms with Gasteiger partial charge in [-0.1, -0.05) is 12.1 Å². The van der Waals surface area contributed by atoms with Gasteiger partial charge in [0.1, 0.15) is 5.82 Å². The van der Waals surface area contributed by atoms with Crippen molar-refractivity contribution in [3.8, 4) is 11.3 Å². The molecule has 8 nitrogen and oxygen atoms in total. The summed E-state index contributed by atoms with van der Waals surface area (Å²) >= 11 is 0. The third-order valence-corrected chi connectivity index (χ3v) is 3.77. The van der Waals surface area contributed by atoms with E-state index >= 15 is 0 Å². The van der Waals surface area contributed by atoms with Gasteiger partial charge in [-0.3, -0.25) is 15.1 Å². The van der Waals surface area contributed by atoms with Gasteiger partial charge in [0.25, 0.3) is 5.69 Å². The Hall–Kier alpha value is -3.55. The van der Waals surface area contributed by atoms with E-state index in [-0.39, 0.29) is 11.2 Å². The molecule has 8 heteroatoms. The number of hydrogen-bond acceptors (Lipinski definition) is 7. The highest BCUT2D eigenvalue weighted by Crippen LogP contribution is 2.23. The monoisotopic (exact) mass is 378 g/mol. The molecule has 2 N–H and O–H groups in total. The van der Waals surface area contributed by atoms with Crippen LogP contribution in [-0.4, -0.2) is 25.4 Å². The molecule has 0 saturated heterocycles. The molecule has 144 valence electrons. The van der Waals surface area contributed by atoms with Gasteiger partial charge in [-0.25, -0.2) is 4.98 Å². The fourth-order valence-corrected chi connectivity index (χ4v) is 2.56. The molecular formula is C20H22N6O2. The predicted octanol–water partition coefficient (Wildman–Crippen LogP) is 4.27. The normalized spacial score (nSPS) is 11.1. The number of anilines is 2. The summed E-state index contributed by atoms with van der Waals surface area (Å²) in [6.07, 6.45) is 3.45. The van der Waals surface area contributed by atoms with E-state index in [1.165, 1.54) is 6.07 Å². The van der Waals surface area contributed by atoms with Gasteiger partial charge in [0.2, 0.25) is 5.95 Å². The summed E-state index contributed by atoms with van der Waals surface area (Å²) in [6, 6.07) is 12.1. The van der Waals surface area contributed by atoms with E-state index < -0.39 is 4.92 Å². The van der Waals surface area contributed by atoms with Gasteiger partial charge in [0, 0.05) is 48.2 Å². The zero-order valence-corrected chi connectivity index (χ0v) is 16.0. The van der Waals surface area contributed by atoms with Crippen LogP contribution in [0.1, 0.15) is 26.3 Å². The number of hydrogen-bond donors (Lipinski definition) is 2. The Morgan fingerprint density at radius 2 is 1.93 bits per heavy atom. The van der Waals surface area contributed by atoms with E-state index in [9.17, 15) is 10.1 Å². The summed E-state index contributed by atoms with van der Waals surface area (Å²) < 4.78 is 0. The number of benzene rings is 1. The molecule has 0 bridgehead atoms. The summed E-state index contributed by atoms with van der Waals surface area (Å²) in [6.45, 7) is 6.50. The molecular weight excluding hydrogens is 356 g/mol. The Morgan fingerprint density at radius 3 is 2.61 bits per heavy atom. The topological polar surface area (TPSA) is 106 Å². The molecule has 1 aromatic carbocycles. The van der Waals surface area contributed by atoms with E-state index in [1.807, 2.05) is 45.0 Å². The SMILES string of the molecule is CC(C)(C)Nc1nc(NCc2cccc([N+](=O)[O-])c2)cc(-c2cccnc2)n1. The molecule has 0 fully saturated rings. The largest absolute Gasteiger partial charge is 0.366 e. The van der Waals surface area contributed by atoms with Crippen molar-refractivity contribution in [1.82, 2.24) is 15.0 Å². The second kappa shape index (κ2) is 7.99. The number of pyridine rings is 1. The molecule has 0 spiro atoms. The van der Waals surface area contributed by atoms with Crippen LogP contribution in [0.15, 0.2) is 54.9 Å². The van der Waals surface area contributed by atoms with Crippen molar-refractivity contribution in [1.29, 1.82) is 0 Å². The Balaban J connectivity index is 1.88. The van der Waals surface area contributed by atoms with Crippen molar-refractivity contribution in [3.05, 3.63) is 70.5 Å². The maximum Gasteiger partial charge on any atom is 0.269 e. The third-order valence-electron chi connectivity index (χ3n) is 3.77. The highest BCUT2D eigenvalue weighted by atomic mass is 16.6. The summed E-state index contributed by atoms with van der Waals surface area (Å²) in [5, 5.41) is 17.5. The lowest BCUT2D eigenvalue weighted by Crippen LogP contribution is -2.27. The number of non-ortho nitro benzene ring substituents is 1. The molecule has 0 aliphatic rings. The number of nitrogens with one attached hydrogen (secondary N) is 2. The first-order valence-electron chi connectivity index (χ1n) is 8.85. The van der Waals surface area contributed by atoms with Crippen LogP contribution in [0, 0.1) is 10.1 Å². The van der Waals surface area contributed by atoms with Crippen LogP contribution in [0.3, 0.4) is 0 Å². The molecule has 2 heterocycles.